The van der Waals surface area contributed by atoms with E-state index in [1.807, 2.05) is 0 Å². The third-order valence-corrected chi connectivity index (χ3v) is 8.89. The van der Waals surface area contributed by atoms with E-state index in [9.17, 15) is 27.9 Å². The molecule has 1 atom stereocenters. The molecule has 1 aromatic carbocycles. The average molecular weight is 590 g/mol. The van der Waals surface area contributed by atoms with Gasteiger partial charge < -0.3 is 24.4 Å². The van der Waals surface area contributed by atoms with Crippen LogP contribution in [0.15, 0.2) is 36.4 Å². The van der Waals surface area contributed by atoms with E-state index in [4.69, 9.17) is 9.47 Å². The Balaban J connectivity index is 1.19. The number of ether oxygens (including phenoxy) is 2. The number of nitrogens with zero attached hydrogens (tertiary/aromatic N) is 3. The second-order valence-corrected chi connectivity index (χ2v) is 12.1. The maximum atomic E-state index is 14.3. The number of amides is 2. The number of carbonyl (C=O) groups excluding carboxylic acids is 2. The first kappa shape index (κ1) is 30.1. The highest BCUT2D eigenvalue weighted by molar-refractivity contribution is 5.94. The summed E-state index contributed by atoms with van der Waals surface area (Å²) in [5, 5.41) is 11.0. The van der Waals surface area contributed by atoms with Crippen molar-refractivity contribution in [1.82, 2.24) is 14.8 Å². The van der Waals surface area contributed by atoms with Gasteiger partial charge in [0.25, 0.3) is 17.4 Å². The summed E-state index contributed by atoms with van der Waals surface area (Å²) < 4.78 is 54.7. The van der Waals surface area contributed by atoms with E-state index >= 15 is 0 Å². The minimum absolute atomic E-state index is 0.0339. The van der Waals surface area contributed by atoms with Crippen molar-refractivity contribution in [2.24, 2.45) is 5.41 Å². The van der Waals surface area contributed by atoms with Crippen molar-refractivity contribution in [2.45, 2.75) is 82.3 Å². The molecule has 2 amide bonds. The molecule has 5 rings (SSSR count). The van der Waals surface area contributed by atoms with Gasteiger partial charge in [-0.2, -0.15) is 13.2 Å². The Kier molecular flexibility index (Phi) is 8.17. The second kappa shape index (κ2) is 11.4. The molecule has 1 unspecified atom stereocenters. The number of halogens is 3. The van der Waals surface area contributed by atoms with Crippen molar-refractivity contribution >= 4 is 11.8 Å². The standard InChI is InChI=1S/C31H38F3N3O5/c1-20-25(27(38)36(2)3)9-10-26(35-20)42-23-11-13-29(14-12-23)15-17-37(18-16-29)28(39)30(40,31(32,33)34)21-5-4-6-24(19-21)41-22-7-8-22/h4-6,9-10,19,22-23,40H,7-8,11-18H2,1-3H3. The van der Waals surface area contributed by atoms with Crippen molar-refractivity contribution in [3.63, 3.8) is 0 Å². The number of carbonyl (C=O) groups is 2. The van der Waals surface area contributed by atoms with Crippen LogP contribution in [-0.2, 0) is 10.4 Å². The quantitative estimate of drug-likeness (QED) is 0.488. The highest BCUT2D eigenvalue weighted by Gasteiger charge is 2.62. The zero-order valence-corrected chi connectivity index (χ0v) is 24.2. The van der Waals surface area contributed by atoms with Crippen LogP contribution >= 0.6 is 0 Å². The Hall–Kier alpha value is -3.34. The van der Waals surface area contributed by atoms with Crippen LogP contribution in [0.5, 0.6) is 11.6 Å². The summed E-state index contributed by atoms with van der Waals surface area (Å²) in [4.78, 5) is 32.7. The number of piperidine rings is 1. The van der Waals surface area contributed by atoms with E-state index in [0.717, 1.165) is 55.6 Å². The van der Waals surface area contributed by atoms with E-state index in [1.165, 1.54) is 17.0 Å². The normalized spacial score (nSPS) is 20.6. The predicted molar refractivity (Wildman–Crippen MR) is 148 cm³/mol. The van der Waals surface area contributed by atoms with Crippen molar-refractivity contribution in [3.8, 4) is 11.6 Å². The van der Waals surface area contributed by atoms with Gasteiger partial charge in [-0.3, -0.25) is 9.59 Å². The topological polar surface area (TPSA) is 92.2 Å². The largest absolute Gasteiger partial charge is 0.490 e. The molecule has 1 aliphatic heterocycles. The van der Waals surface area contributed by atoms with Crippen LogP contribution in [0.1, 0.15) is 73.0 Å². The summed E-state index contributed by atoms with van der Waals surface area (Å²) in [7, 11) is 3.37. The molecule has 2 heterocycles. The highest BCUT2D eigenvalue weighted by atomic mass is 19.4. The Morgan fingerprint density at radius 2 is 1.62 bits per heavy atom. The summed E-state index contributed by atoms with van der Waals surface area (Å²) in [5.74, 6) is -0.795. The van der Waals surface area contributed by atoms with Gasteiger partial charge in [0.15, 0.2) is 0 Å². The Labute approximate surface area is 243 Å². The summed E-state index contributed by atoms with van der Waals surface area (Å²) in [6.07, 6.45) is 0.644. The molecule has 8 nitrogen and oxygen atoms in total. The van der Waals surface area contributed by atoms with Gasteiger partial charge in [-0.05, 0) is 81.9 Å². The number of aryl methyl sites for hydroxylation is 1. The molecule has 3 aliphatic rings. The number of hydrogen-bond acceptors (Lipinski definition) is 6. The van der Waals surface area contributed by atoms with Gasteiger partial charge in [-0.25, -0.2) is 4.98 Å². The molecule has 1 aromatic heterocycles. The fourth-order valence-corrected chi connectivity index (χ4v) is 6.06. The van der Waals surface area contributed by atoms with Crippen molar-refractivity contribution in [3.05, 3.63) is 53.2 Å². The molecule has 42 heavy (non-hydrogen) atoms. The minimum Gasteiger partial charge on any atom is -0.490 e. The van der Waals surface area contributed by atoms with Gasteiger partial charge in [0.1, 0.15) is 11.9 Å². The molecule has 11 heteroatoms. The lowest BCUT2D eigenvalue weighted by Gasteiger charge is -2.47. The lowest BCUT2D eigenvalue weighted by atomic mass is 9.67. The van der Waals surface area contributed by atoms with Crippen LogP contribution in [0.2, 0.25) is 0 Å². The van der Waals surface area contributed by atoms with Crippen molar-refractivity contribution < 1.29 is 37.3 Å². The van der Waals surface area contributed by atoms with Crippen LogP contribution in [0.25, 0.3) is 0 Å². The zero-order chi connectivity index (χ0) is 30.3. The molecule has 1 saturated heterocycles. The number of benzene rings is 1. The predicted octanol–water partition coefficient (Wildman–Crippen LogP) is 5.01. The van der Waals surface area contributed by atoms with E-state index in [2.05, 4.69) is 4.98 Å². The maximum Gasteiger partial charge on any atom is 0.430 e. The molecule has 2 saturated carbocycles. The molecule has 228 valence electrons. The first-order valence-electron chi connectivity index (χ1n) is 14.5. The summed E-state index contributed by atoms with van der Waals surface area (Å²) >= 11 is 0. The highest BCUT2D eigenvalue weighted by Crippen LogP contribution is 2.47. The zero-order valence-electron chi connectivity index (χ0n) is 24.2. The Bertz CT molecular complexity index is 1310. The van der Waals surface area contributed by atoms with Crippen LogP contribution in [-0.4, -0.2) is 77.3 Å². The molecular weight excluding hydrogens is 551 g/mol. The number of pyridine rings is 1. The first-order chi connectivity index (χ1) is 19.8. The van der Waals surface area contributed by atoms with Gasteiger partial charge in [0.05, 0.1) is 17.4 Å². The number of aromatic nitrogens is 1. The number of likely N-dealkylation sites (tertiary alicyclic amines) is 1. The van der Waals surface area contributed by atoms with E-state index in [0.29, 0.717) is 30.0 Å². The van der Waals surface area contributed by atoms with E-state index in [1.54, 1.807) is 33.2 Å². The van der Waals surface area contributed by atoms with Crippen LogP contribution in [0.4, 0.5) is 13.2 Å². The van der Waals surface area contributed by atoms with Crippen LogP contribution in [0.3, 0.4) is 0 Å². The molecule has 1 spiro atoms. The molecule has 2 aromatic rings. The van der Waals surface area contributed by atoms with Crippen LogP contribution < -0.4 is 9.47 Å². The monoisotopic (exact) mass is 589 g/mol. The van der Waals surface area contributed by atoms with Gasteiger partial charge in [-0.1, -0.05) is 12.1 Å². The average Bonchev–Trinajstić information content (AvgIpc) is 3.77. The molecule has 0 bridgehead atoms. The SMILES string of the molecule is Cc1nc(OC2CCC3(CC2)CCN(C(=O)C(O)(c2cccc(OC4CC4)c2)C(F)(F)F)CC3)ccc1C(=O)N(C)C. The second-order valence-electron chi connectivity index (χ2n) is 12.1. The molecule has 2 aliphatic carbocycles. The smallest absolute Gasteiger partial charge is 0.430 e. The Morgan fingerprint density at radius 1 is 0.976 bits per heavy atom. The van der Waals surface area contributed by atoms with Crippen LogP contribution in [0, 0.1) is 12.3 Å². The van der Waals surface area contributed by atoms with E-state index < -0.39 is 23.2 Å². The lowest BCUT2D eigenvalue weighted by molar-refractivity contribution is -0.262. The fraction of sp³-hybridized carbons (Fsp3) is 0.581. The van der Waals surface area contributed by atoms with Gasteiger partial charge in [-0.15, -0.1) is 0 Å². The summed E-state index contributed by atoms with van der Waals surface area (Å²) in [6, 6.07) is 8.58. The van der Waals surface area contributed by atoms with Gasteiger partial charge in [0, 0.05) is 38.8 Å². The number of rotatable bonds is 7. The third kappa shape index (κ3) is 6.07. The van der Waals surface area contributed by atoms with Crippen molar-refractivity contribution in [2.75, 3.05) is 27.2 Å². The minimum atomic E-state index is -5.20. The maximum absolute atomic E-state index is 14.3. The summed E-state index contributed by atoms with van der Waals surface area (Å²) in [6.45, 7) is 2.05. The summed E-state index contributed by atoms with van der Waals surface area (Å²) in [5.41, 5.74) is -3.15. The third-order valence-electron chi connectivity index (χ3n) is 8.89. The number of alkyl halides is 3. The first-order valence-corrected chi connectivity index (χ1v) is 14.5. The van der Waals surface area contributed by atoms with Crippen molar-refractivity contribution in [1.29, 1.82) is 0 Å². The number of hydrogen-bond donors (Lipinski definition) is 1. The molecule has 0 radical (unpaired) electrons. The van der Waals surface area contributed by atoms with Gasteiger partial charge in [0.2, 0.25) is 5.88 Å². The van der Waals surface area contributed by atoms with E-state index in [-0.39, 0.29) is 42.4 Å². The van der Waals surface area contributed by atoms with Gasteiger partial charge >= 0.3 is 6.18 Å². The molecule has 3 fully saturated rings. The molecular formula is C31H38F3N3O5. The number of aliphatic hydroxyl groups is 1. The Morgan fingerprint density at radius 3 is 2.19 bits per heavy atom. The fourth-order valence-electron chi connectivity index (χ4n) is 6.06. The molecule has 1 N–H and O–H groups in total. The lowest BCUT2D eigenvalue weighted by Crippen LogP contribution is -2.58.